The van der Waals surface area contributed by atoms with Crippen LogP contribution in [0, 0.1) is 24.4 Å². The number of morpholine rings is 1. The first-order valence-electron chi connectivity index (χ1n) is 14.8. The fraction of sp³-hybridized carbons (Fsp3) is 0.273. The largest absolute Gasteiger partial charge is 0.480 e. The number of nitrogens with zero attached hydrogens (tertiary/aromatic N) is 4. The number of carboxylic acid groups (broad SMARTS) is 1. The Labute approximate surface area is 273 Å². The summed E-state index contributed by atoms with van der Waals surface area (Å²) in [5.74, 6) is -6.46. The Hall–Kier alpha value is -5.38. The van der Waals surface area contributed by atoms with Gasteiger partial charge in [0.2, 0.25) is 0 Å². The first-order chi connectivity index (χ1) is 23.2. The zero-order valence-corrected chi connectivity index (χ0v) is 25.8. The minimum absolute atomic E-state index is 0.123. The summed E-state index contributed by atoms with van der Waals surface area (Å²) in [4.78, 5) is 43.8. The van der Waals surface area contributed by atoms with Gasteiger partial charge in [0.25, 0.3) is 11.5 Å². The molecule has 0 aliphatic carbocycles. The molecule has 49 heavy (non-hydrogen) atoms. The van der Waals surface area contributed by atoms with Crippen LogP contribution < -0.4 is 15.8 Å². The minimum atomic E-state index is -4.76. The molecular formula is C33H27F6N5O5. The van der Waals surface area contributed by atoms with Gasteiger partial charge in [-0.1, -0.05) is 0 Å². The van der Waals surface area contributed by atoms with Gasteiger partial charge in [-0.15, -0.1) is 0 Å². The minimum Gasteiger partial charge on any atom is -0.480 e. The second kappa shape index (κ2) is 12.6. The molecule has 256 valence electrons. The Morgan fingerprint density at radius 2 is 1.82 bits per heavy atom. The maximum atomic E-state index is 15.2. The maximum absolute atomic E-state index is 15.2. The molecule has 0 radical (unpaired) electrons. The summed E-state index contributed by atoms with van der Waals surface area (Å²) in [5.41, 5.74) is 0.114. The second-order valence-corrected chi connectivity index (χ2v) is 11.6. The summed E-state index contributed by atoms with van der Waals surface area (Å²) in [7, 11) is 1.55. The van der Waals surface area contributed by atoms with Crippen molar-refractivity contribution in [2.24, 2.45) is 7.05 Å². The molecule has 16 heteroatoms. The van der Waals surface area contributed by atoms with E-state index in [1.165, 1.54) is 51.7 Å². The summed E-state index contributed by atoms with van der Waals surface area (Å²) < 4.78 is 92.8. The molecule has 0 spiro atoms. The van der Waals surface area contributed by atoms with Gasteiger partial charge in [-0.25, -0.2) is 22.9 Å². The summed E-state index contributed by atoms with van der Waals surface area (Å²) in [6, 6.07) is 4.35. The van der Waals surface area contributed by atoms with Gasteiger partial charge in [-0.05, 0) is 55.0 Å². The number of carbonyl (C=O) groups excluding carboxylic acids is 1. The predicted octanol–water partition coefficient (Wildman–Crippen LogP) is 4.77. The lowest BCUT2D eigenvalue weighted by molar-refractivity contribution is -0.167. The molecule has 10 nitrogen and oxygen atoms in total. The van der Waals surface area contributed by atoms with Crippen molar-refractivity contribution in [3.8, 4) is 11.1 Å². The van der Waals surface area contributed by atoms with Crippen molar-refractivity contribution in [2.45, 2.75) is 31.6 Å². The van der Waals surface area contributed by atoms with Crippen molar-refractivity contribution in [3.63, 3.8) is 0 Å². The quantitative estimate of drug-likeness (QED) is 0.237. The molecule has 5 aromatic rings. The number of imidazole rings is 1. The van der Waals surface area contributed by atoms with Crippen LogP contribution in [0.4, 0.5) is 32.0 Å². The fourth-order valence-corrected chi connectivity index (χ4v) is 6.19. The lowest BCUT2D eigenvalue weighted by Gasteiger charge is -2.38. The molecule has 1 aliphatic rings. The number of nitrogens with one attached hydrogen (secondary N) is 1. The first kappa shape index (κ1) is 33.5. The van der Waals surface area contributed by atoms with E-state index < -0.39 is 71.9 Å². The number of fused-ring (bicyclic) bond motifs is 2. The van der Waals surface area contributed by atoms with E-state index in [9.17, 15) is 37.1 Å². The Morgan fingerprint density at radius 3 is 2.49 bits per heavy atom. The summed E-state index contributed by atoms with van der Waals surface area (Å²) >= 11 is 0. The highest BCUT2D eigenvalue weighted by molar-refractivity contribution is 5.97. The van der Waals surface area contributed by atoms with Crippen LogP contribution in [0.2, 0.25) is 0 Å². The van der Waals surface area contributed by atoms with Gasteiger partial charge >= 0.3 is 12.1 Å². The van der Waals surface area contributed by atoms with Crippen molar-refractivity contribution in [1.82, 2.24) is 19.3 Å². The van der Waals surface area contributed by atoms with Gasteiger partial charge in [0.15, 0.2) is 0 Å². The molecule has 2 N–H and O–H groups in total. The lowest BCUT2D eigenvalue weighted by Crippen LogP contribution is -2.53. The van der Waals surface area contributed by atoms with Crippen molar-refractivity contribution in [3.05, 3.63) is 99.5 Å². The highest BCUT2D eigenvalue weighted by Gasteiger charge is 2.46. The number of hydrogen-bond acceptors (Lipinski definition) is 6. The molecule has 2 atom stereocenters. The third-order valence-corrected chi connectivity index (χ3v) is 8.63. The highest BCUT2D eigenvalue weighted by atomic mass is 19.4. The van der Waals surface area contributed by atoms with Gasteiger partial charge in [0.1, 0.15) is 40.7 Å². The number of aryl methyl sites for hydroxylation is 2. The Kier molecular flexibility index (Phi) is 8.60. The molecule has 6 rings (SSSR count). The topological polar surface area (TPSA) is 118 Å². The van der Waals surface area contributed by atoms with Crippen LogP contribution in [-0.4, -0.2) is 69.0 Å². The number of ether oxygens (including phenoxy) is 1. The Bertz CT molecular complexity index is 2170. The van der Waals surface area contributed by atoms with Crippen LogP contribution in [-0.2, 0) is 23.0 Å². The van der Waals surface area contributed by atoms with Crippen LogP contribution in [0.15, 0.2) is 59.7 Å². The van der Waals surface area contributed by atoms with Crippen LogP contribution in [0.1, 0.15) is 21.6 Å². The molecule has 1 amide bonds. The molecule has 1 fully saturated rings. The molecule has 1 saturated heterocycles. The van der Waals surface area contributed by atoms with Gasteiger partial charge in [-0.3, -0.25) is 9.59 Å². The smallest absolute Gasteiger partial charge is 0.411 e. The average molecular weight is 688 g/mol. The normalized spacial score (nSPS) is 15.9. The number of aromatic nitrogens is 3. The van der Waals surface area contributed by atoms with Gasteiger partial charge < -0.3 is 29.0 Å². The molecule has 4 heterocycles. The van der Waals surface area contributed by atoms with E-state index >= 15 is 8.78 Å². The molecule has 1 unspecified atom stereocenters. The predicted molar refractivity (Wildman–Crippen MR) is 165 cm³/mol. The van der Waals surface area contributed by atoms with E-state index in [4.69, 9.17) is 4.74 Å². The number of halogens is 6. The third-order valence-electron chi connectivity index (χ3n) is 8.63. The molecule has 3 aromatic heterocycles. The molecule has 1 aliphatic heterocycles. The third kappa shape index (κ3) is 6.07. The summed E-state index contributed by atoms with van der Waals surface area (Å²) in [5, 5.41) is 12.5. The Balaban J connectivity index is 1.30. The zero-order valence-electron chi connectivity index (χ0n) is 25.8. The number of aliphatic carboxylic acids is 1. The number of carboxylic acids is 1. The first-order valence-corrected chi connectivity index (χ1v) is 14.8. The molecule has 2 aromatic carbocycles. The number of benzene rings is 2. The van der Waals surface area contributed by atoms with Crippen LogP contribution in [0.3, 0.4) is 0 Å². The SMILES string of the molecule is Cc1c(-c2ccc(CC(NC(=O)c3c(F)cc(N4CCOC[C@H]4C(F)(F)F)cc3F)C(=O)O)n3ccnc23)c(=O)n(C)c2ccc(F)cc12. The van der Waals surface area contributed by atoms with Crippen LogP contribution in [0.5, 0.6) is 0 Å². The van der Waals surface area contributed by atoms with Crippen molar-refractivity contribution in [1.29, 1.82) is 0 Å². The maximum Gasteiger partial charge on any atom is 0.411 e. The monoisotopic (exact) mass is 687 g/mol. The van der Waals surface area contributed by atoms with Crippen molar-refractivity contribution in [2.75, 3.05) is 24.7 Å². The summed E-state index contributed by atoms with van der Waals surface area (Å²) in [6.07, 6.45) is -2.27. The number of pyridine rings is 2. The van der Waals surface area contributed by atoms with E-state index in [-0.39, 0.29) is 35.6 Å². The second-order valence-electron chi connectivity index (χ2n) is 11.6. The van der Waals surface area contributed by atoms with Crippen molar-refractivity contribution >= 4 is 34.1 Å². The number of carbonyl (C=O) groups is 2. The highest BCUT2D eigenvalue weighted by Crippen LogP contribution is 2.33. The number of amides is 1. The molecular weight excluding hydrogens is 660 g/mol. The number of alkyl halides is 3. The lowest BCUT2D eigenvalue weighted by atomic mass is 9.98. The van der Waals surface area contributed by atoms with Crippen LogP contribution in [0.25, 0.3) is 27.7 Å². The number of anilines is 1. The van der Waals surface area contributed by atoms with E-state index in [1.54, 1.807) is 14.0 Å². The number of rotatable bonds is 7. The van der Waals surface area contributed by atoms with Gasteiger partial charge in [0, 0.05) is 54.7 Å². The molecule has 0 bridgehead atoms. The fourth-order valence-electron chi connectivity index (χ4n) is 6.19. The number of hydrogen-bond donors (Lipinski definition) is 2. The Morgan fingerprint density at radius 1 is 1.10 bits per heavy atom. The van der Waals surface area contributed by atoms with E-state index in [0.29, 0.717) is 34.2 Å². The van der Waals surface area contributed by atoms with E-state index in [1.807, 2.05) is 0 Å². The summed E-state index contributed by atoms with van der Waals surface area (Å²) in [6.45, 7) is 0.480. The zero-order chi connectivity index (χ0) is 35.4. The van der Waals surface area contributed by atoms with E-state index in [0.717, 1.165) is 4.90 Å². The van der Waals surface area contributed by atoms with Gasteiger partial charge in [-0.2, -0.15) is 13.2 Å². The standard InChI is InChI=1S/C33H27F6N5O5/c1-16-21-11-17(34)3-6-25(21)42(2)31(46)27(16)20-5-4-18(44-8-7-40-29(20)44)14-24(32(47)48)41-30(45)28-22(35)12-19(13-23(28)36)43-9-10-49-15-26(43)33(37,38)39/h3-8,11-13,24,26H,9-10,14-15H2,1-2H3,(H,41,45)(H,47,48)/t24?,26-/m0/s1. The molecule has 0 saturated carbocycles. The van der Waals surface area contributed by atoms with Crippen molar-refractivity contribution < 1.29 is 45.8 Å². The van der Waals surface area contributed by atoms with E-state index in [2.05, 4.69) is 10.3 Å². The van der Waals surface area contributed by atoms with Gasteiger partial charge in [0.05, 0.1) is 24.3 Å². The van der Waals surface area contributed by atoms with Crippen LogP contribution >= 0.6 is 0 Å². The average Bonchev–Trinajstić information content (AvgIpc) is 3.54.